The third-order valence-electron chi connectivity index (χ3n) is 2.85. The highest BCUT2D eigenvalue weighted by Crippen LogP contribution is 2.32. The van der Waals surface area contributed by atoms with Crippen LogP contribution >= 0.6 is 22.9 Å². The summed E-state index contributed by atoms with van der Waals surface area (Å²) in [5, 5.41) is 1.68. The number of para-hydroxylation sites is 1. The molecule has 0 radical (unpaired) electrons. The summed E-state index contributed by atoms with van der Waals surface area (Å²) < 4.78 is 1.11. The number of rotatable bonds is 3. The summed E-state index contributed by atoms with van der Waals surface area (Å²) >= 11 is 7.81. The number of anilines is 1. The van der Waals surface area contributed by atoms with Gasteiger partial charge in [-0.25, -0.2) is 4.98 Å². The van der Waals surface area contributed by atoms with Gasteiger partial charge in [-0.15, -0.1) is 0 Å². The quantitative estimate of drug-likeness (QED) is 0.730. The molecule has 3 aromatic rings. The predicted octanol–water partition coefficient (Wildman–Crippen LogP) is 3.98. The van der Waals surface area contributed by atoms with E-state index in [1.807, 2.05) is 37.4 Å². The van der Waals surface area contributed by atoms with Crippen molar-refractivity contribution < 1.29 is 0 Å². The maximum absolute atomic E-state index is 6.15. The predicted molar refractivity (Wildman–Crippen MR) is 81.0 cm³/mol. The third kappa shape index (κ3) is 2.55. The topological polar surface area (TPSA) is 29.0 Å². The van der Waals surface area contributed by atoms with Crippen LogP contribution < -0.4 is 4.90 Å². The van der Waals surface area contributed by atoms with Crippen LogP contribution in [0.5, 0.6) is 0 Å². The molecule has 0 saturated heterocycles. The minimum absolute atomic E-state index is 0.706. The smallest absolute Gasteiger partial charge is 0.186 e. The van der Waals surface area contributed by atoms with Crippen LogP contribution in [0.1, 0.15) is 5.56 Å². The Morgan fingerprint density at radius 2 is 2.00 bits per heavy atom. The summed E-state index contributed by atoms with van der Waals surface area (Å²) in [5.74, 6) is 0. The molecular weight excluding hydrogens is 278 g/mol. The summed E-state index contributed by atoms with van der Waals surface area (Å²) in [5.41, 5.74) is 2.09. The van der Waals surface area contributed by atoms with Gasteiger partial charge in [0, 0.05) is 26.0 Å². The van der Waals surface area contributed by atoms with Crippen molar-refractivity contribution >= 4 is 38.3 Å². The van der Waals surface area contributed by atoms with Gasteiger partial charge < -0.3 is 4.90 Å². The molecule has 0 spiro atoms. The van der Waals surface area contributed by atoms with Gasteiger partial charge in [0.15, 0.2) is 5.13 Å². The number of thiazole rings is 1. The number of pyridine rings is 1. The Kier molecular flexibility index (Phi) is 3.36. The van der Waals surface area contributed by atoms with E-state index in [0.717, 1.165) is 21.9 Å². The minimum atomic E-state index is 0.706. The Balaban J connectivity index is 1.89. The highest BCUT2D eigenvalue weighted by atomic mass is 35.5. The van der Waals surface area contributed by atoms with Gasteiger partial charge in [-0.05, 0) is 29.8 Å². The van der Waals surface area contributed by atoms with E-state index in [0.29, 0.717) is 5.02 Å². The Morgan fingerprint density at radius 1 is 1.21 bits per heavy atom. The van der Waals surface area contributed by atoms with Crippen molar-refractivity contribution in [3.05, 3.63) is 53.3 Å². The van der Waals surface area contributed by atoms with Gasteiger partial charge in [-0.2, -0.15) is 0 Å². The van der Waals surface area contributed by atoms with Gasteiger partial charge in [0.25, 0.3) is 0 Å². The molecule has 96 valence electrons. The van der Waals surface area contributed by atoms with Crippen LogP contribution in [0.25, 0.3) is 10.2 Å². The Bertz CT molecular complexity index is 696. The van der Waals surface area contributed by atoms with Crippen molar-refractivity contribution in [3.63, 3.8) is 0 Å². The first-order chi connectivity index (χ1) is 9.24. The first-order valence-corrected chi connectivity index (χ1v) is 7.08. The molecule has 0 aliphatic carbocycles. The normalized spacial score (nSPS) is 10.8. The lowest BCUT2D eigenvalue weighted by molar-refractivity contribution is 0.914. The summed E-state index contributed by atoms with van der Waals surface area (Å²) in [6.45, 7) is 0.806. The fourth-order valence-corrected chi connectivity index (χ4v) is 3.12. The van der Waals surface area contributed by atoms with E-state index >= 15 is 0 Å². The van der Waals surface area contributed by atoms with Gasteiger partial charge in [0.1, 0.15) is 5.52 Å². The number of halogens is 1. The van der Waals surface area contributed by atoms with E-state index in [9.17, 15) is 0 Å². The molecule has 1 aromatic carbocycles. The van der Waals surface area contributed by atoms with E-state index in [1.54, 1.807) is 23.7 Å². The molecule has 0 N–H and O–H groups in total. The maximum Gasteiger partial charge on any atom is 0.186 e. The number of hydrogen-bond donors (Lipinski definition) is 0. The number of benzene rings is 1. The first kappa shape index (κ1) is 12.4. The zero-order valence-corrected chi connectivity index (χ0v) is 11.9. The summed E-state index contributed by atoms with van der Waals surface area (Å²) in [6.07, 6.45) is 3.61. The molecule has 0 bridgehead atoms. The molecule has 3 rings (SSSR count). The Morgan fingerprint density at radius 3 is 2.74 bits per heavy atom. The lowest BCUT2D eigenvalue weighted by Crippen LogP contribution is -2.15. The SMILES string of the molecule is CN(Cc1ccncc1)c1nc2c(Cl)cccc2s1. The summed E-state index contributed by atoms with van der Waals surface area (Å²) in [6, 6.07) is 9.89. The average molecular weight is 290 g/mol. The number of fused-ring (bicyclic) bond motifs is 1. The Labute approximate surface area is 120 Å². The molecule has 0 saturated carbocycles. The number of aromatic nitrogens is 2. The first-order valence-electron chi connectivity index (χ1n) is 5.89. The lowest BCUT2D eigenvalue weighted by atomic mass is 10.2. The van der Waals surface area contributed by atoms with Gasteiger partial charge in [0.2, 0.25) is 0 Å². The molecule has 0 amide bonds. The van der Waals surface area contributed by atoms with Gasteiger partial charge >= 0.3 is 0 Å². The molecule has 2 heterocycles. The van der Waals surface area contributed by atoms with E-state index in [2.05, 4.69) is 14.9 Å². The minimum Gasteiger partial charge on any atom is -0.347 e. The average Bonchev–Trinajstić information content (AvgIpc) is 2.85. The van der Waals surface area contributed by atoms with Gasteiger partial charge in [-0.3, -0.25) is 4.98 Å². The Hall–Kier alpha value is -1.65. The zero-order valence-electron chi connectivity index (χ0n) is 10.4. The van der Waals surface area contributed by atoms with E-state index in [1.165, 1.54) is 5.56 Å². The monoisotopic (exact) mass is 289 g/mol. The van der Waals surface area contributed by atoms with Crippen LogP contribution in [-0.2, 0) is 6.54 Å². The van der Waals surface area contributed by atoms with Crippen molar-refractivity contribution in [1.82, 2.24) is 9.97 Å². The van der Waals surface area contributed by atoms with Crippen molar-refractivity contribution in [3.8, 4) is 0 Å². The molecule has 0 aliphatic heterocycles. The van der Waals surface area contributed by atoms with Crippen molar-refractivity contribution in [2.45, 2.75) is 6.54 Å². The van der Waals surface area contributed by atoms with E-state index in [-0.39, 0.29) is 0 Å². The van der Waals surface area contributed by atoms with Crippen LogP contribution in [0, 0.1) is 0 Å². The summed E-state index contributed by atoms with van der Waals surface area (Å²) in [7, 11) is 2.03. The zero-order chi connectivity index (χ0) is 13.2. The largest absolute Gasteiger partial charge is 0.347 e. The van der Waals surface area contributed by atoms with Gasteiger partial charge in [-0.1, -0.05) is 29.0 Å². The van der Waals surface area contributed by atoms with Crippen LogP contribution in [0.15, 0.2) is 42.7 Å². The van der Waals surface area contributed by atoms with Crippen LogP contribution in [0.3, 0.4) is 0 Å². The van der Waals surface area contributed by atoms with E-state index < -0.39 is 0 Å². The third-order valence-corrected chi connectivity index (χ3v) is 4.29. The van der Waals surface area contributed by atoms with Gasteiger partial charge in [0.05, 0.1) is 9.72 Å². The molecule has 0 unspecified atom stereocenters. The van der Waals surface area contributed by atoms with Crippen LogP contribution in [0.4, 0.5) is 5.13 Å². The highest BCUT2D eigenvalue weighted by Gasteiger charge is 2.10. The molecule has 2 aromatic heterocycles. The number of nitrogens with zero attached hydrogens (tertiary/aromatic N) is 3. The molecule has 0 atom stereocenters. The van der Waals surface area contributed by atoms with Crippen molar-refractivity contribution in [2.75, 3.05) is 11.9 Å². The highest BCUT2D eigenvalue weighted by molar-refractivity contribution is 7.22. The molecular formula is C14H12ClN3S. The van der Waals surface area contributed by atoms with E-state index in [4.69, 9.17) is 11.6 Å². The standard InChI is InChI=1S/C14H12ClN3S/c1-18(9-10-5-7-16-8-6-10)14-17-13-11(15)3-2-4-12(13)19-14/h2-8H,9H2,1H3. The second-order valence-electron chi connectivity index (χ2n) is 4.29. The second kappa shape index (κ2) is 5.15. The second-order valence-corrected chi connectivity index (χ2v) is 5.71. The van der Waals surface area contributed by atoms with Crippen LogP contribution in [0.2, 0.25) is 5.02 Å². The molecule has 0 fully saturated rings. The molecule has 3 nitrogen and oxygen atoms in total. The van der Waals surface area contributed by atoms with Crippen LogP contribution in [-0.4, -0.2) is 17.0 Å². The number of hydrogen-bond acceptors (Lipinski definition) is 4. The maximum atomic E-state index is 6.15. The van der Waals surface area contributed by atoms with Crippen molar-refractivity contribution in [1.29, 1.82) is 0 Å². The molecule has 19 heavy (non-hydrogen) atoms. The molecule has 5 heteroatoms. The fourth-order valence-electron chi connectivity index (χ4n) is 1.90. The summed E-state index contributed by atoms with van der Waals surface area (Å²) in [4.78, 5) is 10.7. The fraction of sp³-hybridized carbons (Fsp3) is 0.143. The lowest BCUT2D eigenvalue weighted by Gasteiger charge is -2.15. The van der Waals surface area contributed by atoms with Crippen molar-refractivity contribution in [2.24, 2.45) is 0 Å². The molecule has 0 aliphatic rings.